The monoisotopic (exact) mass is 499 g/mol. The van der Waals surface area contributed by atoms with Crippen LogP contribution in [0, 0.1) is 0 Å². The number of thioether (sulfide) groups is 1. The van der Waals surface area contributed by atoms with Gasteiger partial charge in [0.15, 0.2) is 5.65 Å². The Morgan fingerprint density at radius 3 is 2.68 bits per heavy atom. The summed E-state index contributed by atoms with van der Waals surface area (Å²) in [5, 5.41) is 21.2. The number of nitrogens with zero attached hydrogens (tertiary/aromatic N) is 6. The van der Waals surface area contributed by atoms with Gasteiger partial charge in [0, 0.05) is 11.4 Å². The van der Waals surface area contributed by atoms with E-state index >= 15 is 0 Å². The molecule has 4 rings (SSSR count). The van der Waals surface area contributed by atoms with Crippen LogP contribution in [-0.2, 0) is 20.7 Å². The standard InChI is InChI=1S/C22H25N7O3S2/c1-5-15(20(31)24-22-27-25-16(34-22)11-17(30)32-6-2)33-21-23-19-18(26-28-21)13-9-7-8-10-14(13)29(19)12(3)4/h7-10,12,15H,5-6,11H2,1-4H3,(H,24,27,31). The molecule has 34 heavy (non-hydrogen) atoms. The maximum absolute atomic E-state index is 12.9. The summed E-state index contributed by atoms with van der Waals surface area (Å²) >= 11 is 2.41. The quantitative estimate of drug-likeness (QED) is 0.268. The van der Waals surface area contributed by atoms with Crippen molar-refractivity contribution >= 4 is 62.2 Å². The van der Waals surface area contributed by atoms with Gasteiger partial charge in [0.2, 0.25) is 16.2 Å². The third-order valence-electron chi connectivity index (χ3n) is 5.02. The zero-order chi connectivity index (χ0) is 24.2. The number of aromatic nitrogens is 6. The lowest BCUT2D eigenvalue weighted by molar-refractivity contribution is -0.142. The van der Waals surface area contributed by atoms with Gasteiger partial charge in [-0.15, -0.1) is 20.4 Å². The van der Waals surface area contributed by atoms with Gasteiger partial charge in [0.1, 0.15) is 10.5 Å². The predicted molar refractivity (Wildman–Crippen MR) is 132 cm³/mol. The highest BCUT2D eigenvalue weighted by atomic mass is 32.2. The van der Waals surface area contributed by atoms with Gasteiger partial charge in [-0.2, -0.15) is 0 Å². The Morgan fingerprint density at radius 1 is 1.15 bits per heavy atom. The molecule has 0 saturated carbocycles. The maximum atomic E-state index is 12.9. The van der Waals surface area contributed by atoms with Crippen molar-refractivity contribution in [1.29, 1.82) is 0 Å². The molecule has 0 aliphatic carbocycles. The third kappa shape index (κ3) is 5.02. The zero-order valence-corrected chi connectivity index (χ0v) is 20.9. The molecule has 0 aliphatic rings. The average molecular weight is 500 g/mol. The number of amides is 1. The second-order valence-electron chi connectivity index (χ2n) is 7.73. The van der Waals surface area contributed by atoms with Crippen molar-refractivity contribution in [1.82, 2.24) is 29.9 Å². The Morgan fingerprint density at radius 2 is 1.94 bits per heavy atom. The highest BCUT2D eigenvalue weighted by molar-refractivity contribution is 8.00. The second-order valence-corrected chi connectivity index (χ2v) is 9.97. The second kappa shape index (κ2) is 10.4. The van der Waals surface area contributed by atoms with Crippen LogP contribution in [0.15, 0.2) is 29.4 Å². The van der Waals surface area contributed by atoms with Crippen LogP contribution in [0.5, 0.6) is 0 Å². The molecule has 4 aromatic rings. The molecule has 178 valence electrons. The lowest BCUT2D eigenvalue weighted by Crippen LogP contribution is -2.24. The first kappa shape index (κ1) is 24.0. The topological polar surface area (TPSA) is 125 Å². The molecule has 1 amide bonds. The normalized spacial score (nSPS) is 12.4. The molecular weight excluding hydrogens is 474 g/mol. The van der Waals surface area contributed by atoms with Crippen molar-refractivity contribution in [3.8, 4) is 0 Å². The number of benzene rings is 1. The summed E-state index contributed by atoms with van der Waals surface area (Å²) < 4.78 is 7.05. The molecule has 12 heteroatoms. The Labute approximate surface area is 204 Å². The number of hydrogen-bond donors (Lipinski definition) is 1. The summed E-state index contributed by atoms with van der Waals surface area (Å²) in [4.78, 5) is 29.3. The molecule has 0 spiro atoms. The number of hydrogen-bond acceptors (Lipinski definition) is 10. The van der Waals surface area contributed by atoms with E-state index in [0.29, 0.717) is 28.3 Å². The molecule has 3 heterocycles. The van der Waals surface area contributed by atoms with E-state index in [-0.39, 0.29) is 24.3 Å². The molecule has 0 bridgehead atoms. The smallest absolute Gasteiger partial charge is 0.312 e. The van der Waals surface area contributed by atoms with Gasteiger partial charge in [0.25, 0.3) is 0 Å². The van der Waals surface area contributed by atoms with Crippen LogP contribution in [-0.4, -0.2) is 53.7 Å². The lowest BCUT2D eigenvalue weighted by Gasteiger charge is -2.13. The molecule has 10 nitrogen and oxygen atoms in total. The number of carbonyl (C=O) groups is 2. The van der Waals surface area contributed by atoms with Crippen molar-refractivity contribution in [2.75, 3.05) is 11.9 Å². The fourth-order valence-electron chi connectivity index (χ4n) is 3.56. The summed E-state index contributed by atoms with van der Waals surface area (Å²) in [5.74, 6) is -0.614. The first-order chi connectivity index (χ1) is 16.4. The van der Waals surface area contributed by atoms with Gasteiger partial charge < -0.3 is 9.30 Å². The minimum absolute atomic E-state index is 0.0245. The van der Waals surface area contributed by atoms with Crippen LogP contribution in [0.25, 0.3) is 22.1 Å². The van der Waals surface area contributed by atoms with Crippen molar-refractivity contribution < 1.29 is 14.3 Å². The number of esters is 1. The Kier molecular flexibility index (Phi) is 7.37. The SMILES string of the molecule is CCOC(=O)Cc1nnc(NC(=O)C(CC)Sc2nnc3c4ccccc4n(C(C)C)c3n2)s1. The highest BCUT2D eigenvalue weighted by Gasteiger charge is 2.23. The van der Waals surface area contributed by atoms with E-state index in [9.17, 15) is 9.59 Å². The van der Waals surface area contributed by atoms with Crippen molar-refractivity contribution in [2.45, 2.75) is 57.0 Å². The molecule has 3 aromatic heterocycles. The molecule has 0 radical (unpaired) electrons. The predicted octanol–water partition coefficient (Wildman–Crippen LogP) is 4.03. The summed E-state index contributed by atoms with van der Waals surface area (Å²) in [6.45, 7) is 8.16. The van der Waals surface area contributed by atoms with E-state index in [1.54, 1.807) is 6.92 Å². The Bertz CT molecular complexity index is 1330. The van der Waals surface area contributed by atoms with E-state index in [1.807, 2.05) is 31.2 Å². The fourth-order valence-corrected chi connectivity index (χ4v) is 5.11. The lowest BCUT2D eigenvalue weighted by atomic mass is 10.2. The van der Waals surface area contributed by atoms with E-state index in [0.717, 1.165) is 33.4 Å². The largest absolute Gasteiger partial charge is 0.466 e. The van der Waals surface area contributed by atoms with E-state index < -0.39 is 5.25 Å². The van der Waals surface area contributed by atoms with Crippen LogP contribution in [0.4, 0.5) is 5.13 Å². The van der Waals surface area contributed by atoms with E-state index in [1.165, 1.54) is 11.8 Å². The van der Waals surface area contributed by atoms with Crippen LogP contribution >= 0.6 is 23.1 Å². The number of carbonyl (C=O) groups excluding carboxylic acids is 2. The summed E-state index contributed by atoms with van der Waals surface area (Å²) in [6.07, 6.45) is 0.580. The van der Waals surface area contributed by atoms with Gasteiger partial charge in [-0.3, -0.25) is 14.9 Å². The third-order valence-corrected chi connectivity index (χ3v) is 7.08. The number of anilines is 1. The molecule has 0 aliphatic heterocycles. The van der Waals surface area contributed by atoms with Gasteiger partial charge in [-0.05, 0) is 33.3 Å². The van der Waals surface area contributed by atoms with Crippen molar-refractivity contribution in [2.24, 2.45) is 0 Å². The fraction of sp³-hybridized carbons (Fsp3) is 0.409. The van der Waals surface area contributed by atoms with Crippen LogP contribution in [0.1, 0.15) is 45.2 Å². The zero-order valence-electron chi connectivity index (χ0n) is 19.3. The molecule has 1 unspecified atom stereocenters. The van der Waals surface area contributed by atoms with Crippen LogP contribution in [0.2, 0.25) is 0 Å². The molecule has 0 saturated heterocycles. The van der Waals surface area contributed by atoms with Crippen molar-refractivity contribution in [3.05, 3.63) is 29.3 Å². The van der Waals surface area contributed by atoms with Gasteiger partial charge in [-0.25, -0.2) is 4.98 Å². The average Bonchev–Trinajstić information content (AvgIpc) is 3.38. The minimum atomic E-state index is -0.450. The highest BCUT2D eigenvalue weighted by Crippen LogP contribution is 2.31. The molecule has 1 N–H and O–H groups in total. The number of nitrogens with one attached hydrogen (secondary N) is 1. The molecule has 1 atom stereocenters. The minimum Gasteiger partial charge on any atom is -0.466 e. The summed E-state index contributed by atoms with van der Waals surface area (Å²) in [6, 6.07) is 8.21. The van der Waals surface area contributed by atoms with Gasteiger partial charge in [0.05, 0.1) is 23.8 Å². The summed E-state index contributed by atoms with van der Waals surface area (Å²) in [7, 11) is 0. The number of ether oxygens (including phenoxy) is 1. The van der Waals surface area contributed by atoms with Crippen LogP contribution in [0.3, 0.4) is 0 Å². The van der Waals surface area contributed by atoms with Gasteiger partial charge in [-0.1, -0.05) is 48.2 Å². The molecule has 1 aromatic carbocycles. The number of rotatable bonds is 9. The Balaban J connectivity index is 1.52. The van der Waals surface area contributed by atoms with E-state index in [2.05, 4.69) is 44.1 Å². The molecule has 0 fully saturated rings. The summed E-state index contributed by atoms with van der Waals surface area (Å²) in [5.41, 5.74) is 2.54. The molecular formula is C22H25N7O3S2. The van der Waals surface area contributed by atoms with E-state index in [4.69, 9.17) is 9.72 Å². The Hall–Kier alpha value is -3.12. The van der Waals surface area contributed by atoms with Crippen molar-refractivity contribution in [3.63, 3.8) is 0 Å². The number of para-hydroxylation sites is 1. The maximum Gasteiger partial charge on any atom is 0.312 e. The van der Waals surface area contributed by atoms with Crippen LogP contribution < -0.4 is 5.32 Å². The first-order valence-corrected chi connectivity index (χ1v) is 12.7. The first-order valence-electron chi connectivity index (χ1n) is 11.0. The number of fused-ring (bicyclic) bond motifs is 3. The van der Waals surface area contributed by atoms with Gasteiger partial charge >= 0.3 is 5.97 Å².